The van der Waals surface area contributed by atoms with Crippen LogP contribution >= 0.6 is 22.9 Å². The lowest BCUT2D eigenvalue weighted by Gasteiger charge is -2.10. The third kappa shape index (κ3) is 5.52. The van der Waals surface area contributed by atoms with Crippen LogP contribution in [0.15, 0.2) is 24.3 Å². The summed E-state index contributed by atoms with van der Waals surface area (Å²) in [6.07, 6.45) is 0. The van der Waals surface area contributed by atoms with E-state index in [0.717, 1.165) is 16.6 Å². The van der Waals surface area contributed by atoms with E-state index in [1.165, 1.54) is 16.9 Å². The van der Waals surface area contributed by atoms with E-state index in [0.29, 0.717) is 5.13 Å². The van der Waals surface area contributed by atoms with Crippen LogP contribution in [-0.2, 0) is 11.3 Å². The summed E-state index contributed by atoms with van der Waals surface area (Å²) in [4.78, 5) is 8.36. The fourth-order valence-electron chi connectivity index (χ4n) is 1.38. The molecule has 0 radical (unpaired) electrons. The maximum atomic E-state index is 8.36. The smallest absolute Gasteiger partial charge is 0.290 e. The molecule has 2 rings (SSSR count). The van der Waals surface area contributed by atoms with Crippen molar-refractivity contribution in [1.82, 2.24) is 15.5 Å². The van der Waals surface area contributed by atoms with Crippen molar-refractivity contribution in [3.63, 3.8) is 0 Å². The van der Waals surface area contributed by atoms with Crippen LogP contribution in [0.2, 0.25) is 5.02 Å². The Morgan fingerprint density at radius 1 is 1.45 bits per heavy atom. The number of nitrogens with two attached hydrogens (primary N) is 1. The molecule has 0 aliphatic rings. The van der Waals surface area contributed by atoms with Gasteiger partial charge >= 0.3 is 0 Å². The zero-order chi connectivity index (χ0) is 15.0. The molecule has 1 aromatic carbocycles. The molecule has 0 fully saturated rings. The Morgan fingerprint density at radius 2 is 2.05 bits per heavy atom. The van der Waals surface area contributed by atoms with Crippen molar-refractivity contribution >= 4 is 34.5 Å². The van der Waals surface area contributed by atoms with Gasteiger partial charge in [0.1, 0.15) is 5.01 Å². The van der Waals surface area contributed by atoms with Gasteiger partial charge in [0.15, 0.2) is 0 Å². The van der Waals surface area contributed by atoms with Gasteiger partial charge in [-0.25, -0.2) is 0 Å². The second kappa shape index (κ2) is 8.47. The van der Waals surface area contributed by atoms with Crippen LogP contribution in [0.3, 0.4) is 0 Å². The number of anilines is 1. The molecule has 20 heavy (non-hydrogen) atoms. The first-order chi connectivity index (χ1) is 9.56. The number of hydrogen-bond donors (Lipinski definition) is 3. The standard InChI is InChI=1S/C11H13ClN4S.CH2O2/c1-7(10-15-16-11(13)17-10)14-6-8-2-4-9(12)5-3-8;2-1-3/h2-5,7,14H,6H2,1H3,(H2,13,16);1H,(H,2,3). The van der Waals surface area contributed by atoms with Crippen molar-refractivity contribution in [3.8, 4) is 0 Å². The first kappa shape index (κ1) is 16.4. The van der Waals surface area contributed by atoms with Crippen LogP contribution < -0.4 is 11.1 Å². The molecule has 1 unspecified atom stereocenters. The van der Waals surface area contributed by atoms with Gasteiger partial charge < -0.3 is 16.2 Å². The molecule has 4 N–H and O–H groups in total. The van der Waals surface area contributed by atoms with Crippen LogP contribution in [-0.4, -0.2) is 21.8 Å². The van der Waals surface area contributed by atoms with Crippen LogP contribution in [0.4, 0.5) is 5.13 Å². The Labute approximate surface area is 125 Å². The first-order valence-corrected chi connectivity index (χ1v) is 6.90. The van der Waals surface area contributed by atoms with E-state index >= 15 is 0 Å². The summed E-state index contributed by atoms with van der Waals surface area (Å²) in [5.41, 5.74) is 6.72. The van der Waals surface area contributed by atoms with Crippen LogP contribution in [0.1, 0.15) is 23.5 Å². The highest BCUT2D eigenvalue weighted by Crippen LogP contribution is 2.19. The normalized spacial score (nSPS) is 11.3. The van der Waals surface area contributed by atoms with Gasteiger partial charge in [-0.2, -0.15) is 0 Å². The number of nitrogens with one attached hydrogen (secondary N) is 1. The zero-order valence-electron chi connectivity index (χ0n) is 10.8. The lowest BCUT2D eigenvalue weighted by molar-refractivity contribution is -0.122. The molecule has 6 nitrogen and oxygen atoms in total. The van der Waals surface area contributed by atoms with Crippen LogP contribution in [0.25, 0.3) is 0 Å². The van der Waals surface area contributed by atoms with Gasteiger partial charge in [0, 0.05) is 11.6 Å². The molecular formula is C12H15ClN4O2S. The maximum absolute atomic E-state index is 8.36. The summed E-state index contributed by atoms with van der Waals surface area (Å²) < 4.78 is 0. The van der Waals surface area contributed by atoms with Gasteiger partial charge in [-0.1, -0.05) is 35.1 Å². The molecule has 2 aromatic rings. The van der Waals surface area contributed by atoms with E-state index in [-0.39, 0.29) is 12.5 Å². The van der Waals surface area contributed by atoms with E-state index in [2.05, 4.69) is 15.5 Å². The molecule has 0 saturated carbocycles. The van der Waals surface area contributed by atoms with E-state index in [1.807, 2.05) is 31.2 Å². The molecule has 0 aliphatic carbocycles. The van der Waals surface area contributed by atoms with E-state index in [4.69, 9.17) is 27.2 Å². The number of benzene rings is 1. The third-order valence-electron chi connectivity index (χ3n) is 2.35. The summed E-state index contributed by atoms with van der Waals surface area (Å²) in [5.74, 6) is 0. The fourth-order valence-corrected chi connectivity index (χ4v) is 2.15. The maximum Gasteiger partial charge on any atom is 0.290 e. The SMILES string of the molecule is CC(NCc1ccc(Cl)cc1)c1nnc(N)s1.O=CO. The molecule has 0 spiro atoms. The Kier molecular flexibility index (Phi) is 6.92. The lowest BCUT2D eigenvalue weighted by Crippen LogP contribution is -2.17. The van der Waals surface area contributed by atoms with Crippen LogP contribution in [0.5, 0.6) is 0 Å². The van der Waals surface area contributed by atoms with Crippen molar-refractivity contribution in [1.29, 1.82) is 0 Å². The van der Waals surface area contributed by atoms with Crippen molar-refractivity contribution in [2.45, 2.75) is 19.5 Å². The molecule has 0 bridgehead atoms. The second-order valence-corrected chi connectivity index (χ2v) is 5.29. The zero-order valence-corrected chi connectivity index (χ0v) is 12.4. The molecule has 0 aliphatic heterocycles. The topological polar surface area (TPSA) is 101 Å². The molecule has 0 saturated heterocycles. The van der Waals surface area contributed by atoms with Gasteiger partial charge in [0.2, 0.25) is 5.13 Å². The third-order valence-corrected chi connectivity index (χ3v) is 3.54. The predicted molar refractivity (Wildman–Crippen MR) is 79.7 cm³/mol. The Morgan fingerprint density at radius 3 is 2.55 bits per heavy atom. The molecular weight excluding hydrogens is 300 g/mol. The Bertz CT molecular complexity index is 533. The van der Waals surface area contributed by atoms with Gasteiger partial charge in [-0.05, 0) is 24.6 Å². The number of aromatic nitrogens is 2. The van der Waals surface area contributed by atoms with E-state index in [9.17, 15) is 0 Å². The monoisotopic (exact) mass is 314 g/mol. The van der Waals surface area contributed by atoms with Crippen molar-refractivity contribution < 1.29 is 9.90 Å². The van der Waals surface area contributed by atoms with Crippen LogP contribution in [0, 0.1) is 0 Å². The van der Waals surface area contributed by atoms with E-state index < -0.39 is 0 Å². The summed E-state index contributed by atoms with van der Waals surface area (Å²) in [5, 5.41) is 20.2. The molecule has 0 amide bonds. The average molecular weight is 315 g/mol. The molecule has 1 heterocycles. The number of nitrogens with zero attached hydrogens (tertiary/aromatic N) is 2. The largest absolute Gasteiger partial charge is 0.483 e. The minimum absolute atomic E-state index is 0.139. The highest BCUT2D eigenvalue weighted by molar-refractivity contribution is 7.15. The molecule has 1 aromatic heterocycles. The molecule has 8 heteroatoms. The van der Waals surface area contributed by atoms with Crippen molar-refractivity contribution in [2.75, 3.05) is 5.73 Å². The highest BCUT2D eigenvalue weighted by Gasteiger charge is 2.09. The Balaban J connectivity index is 0.000000612. The molecule has 108 valence electrons. The van der Waals surface area contributed by atoms with Crippen molar-refractivity contribution in [2.24, 2.45) is 0 Å². The second-order valence-electron chi connectivity index (χ2n) is 3.81. The van der Waals surface area contributed by atoms with Crippen molar-refractivity contribution in [3.05, 3.63) is 39.9 Å². The summed E-state index contributed by atoms with van der Waals surface area (Å²) in [6.45, 7) is 2.55. The minimum Gasteiger partial charge on any atom is -0.483 e. The van der Waals surface area contributed by atoms with Gasteiger partial charge in [0.05, 0.1) is 6.04 Å². The summed E-state index contributed by atoms with van der Waals surface area (Å²) in [6, 6.07) is 7.89. The fraction of sp³-hybridized carbons (Fsp3) is 0.250. The summed E-state index contributed by atoms with van der Waals surface area (Å²) >= 11 is 7.23. The average Bonchev–Trinajstić information content (AvgIpc) is 2.85. The van der Waals surface area contributed by atoms with Gasteiger partial charge in [-0.15, -0.1) is 10.2 Å². The Hall–Kier alpha value is -1.70. The number of rotatable bonds is 4. The predicted octanol–water partition coefficient (Wildman–Crippen LogP) is 2.33. The molecule has 1 atom stereocenters. The summed E-state index contributed by atoms with van der Waals surface area (Å²) in [7, 11) is 0. The van der Waals surface area contributed by atoms with E-state index in [1.54, 1.807) is 0 Å². The number of carbonyl (C=O) groups is 1. The number of nitrogen functional groups attached to an aromatic ring is 1. The first-order valence-electron chi connectivity index (χ1n) is 5.71. The van der Waals surface area contributed by atoms with Gasteiger partial charge in [0.25, 0.3) is 6.47 Å². The quantitative estimate of drug-likeness (QED) is 0.749. The lowest BCUT2D eigenvalue weighted by atomic mass is 10.2. The van der Waals surface area contributed by atoms with Gasteiger partial charge in [-0.3, -0.25) is 4.79 Å². The number of carboxylic acid groups (broad SMARTS) is 1. The minimum atomic E-state index is -0.250. The number of hydrogen-bond acceptors (Lipinski definition) is 6. The highest BCUT2D eigenvalue weighted by atomic mass is 35.5. The number of halogens is 1.